The van der Waals surface area contributed by atoms with Gasteiger partial charge in [0.1, 0.15) is 5.56 Å². The third-order valence-electron chi connectivity index (χ3n) is 3.22. The lowest BCUT2D eigenvalue weighted by atomic mass is 9.96. The average molecular weight is 263 g/mol. The Bertz CT molecular complexity index is 472. The molecule has 0 bridgehead atoms. The summed E-state index contributed by atoms with van der Waals surface area (Å²) >= 11 is 5.71. The van der Waals surface area contributed by atoms with E-state index in [1.807, 2.05) is 0 Å². The highest BCUT2D eigenvalue weighted by Gasteiger charge is 2.51. The van der Waals surface area contributed by atoms with Gasteiger partial charge in [-0.2, -0.15) is 0 Å². The molecule has 0 radical (unpaired) electrons. The molecule has 1 N–H and O–H groups in total. The summed E-state index contributed by atoms with van der Waals surface area (Å²) in [6.45, 7) is 0. The molecule has 92 valence electrons. The van der Waals surface area contributed by atoms with Crippen molar-refractivity contribution in [2.45, 2.75) is 30.1 Å². The molecular weight excluding hydrogens is 254 g/mol. The van der Waals surface area contributed by atoms with Gasteiger partial charge in [0.15, 0.2) is 11.5 Å². The second kappa shape index (κ2) is 3.23. The van der Waals surface area contributed by atoms with Crippen molar-refractivity contribution in [1.29, 1.82) is 0 Å². The molecule has 1 aliphatic carbocycles. The zero-order valence-corrected chi connectivity index (χ0v) is 9.38. The van der Waals surface area contributed by atoms with Crippen LogP contribution in [0.5, 0.6) is 11.5 Å². The zero-order valence-electron chi connectivity index (χ0n) is 8.62. The van der Waals surface area contributed by atoms with Gasteiger partial charge < -0.3 is 14.6 Å². The van der Waals surface area contributed by atoms with Crippen LogP contribution < -0.4 is 9.47 Å². The third-order valence-corrected chi connectivity index (χ3v) is 3.64. The number of ether oxygens (including phenoxy) is 2. The van der Waals surface area contributed by atoms with E-state index in [1.165, 1.54) is 12.1 Å². The number of alkyl halides is 3. The Hall–Kier alpha value is -1.07. The van der Waals surface area contributed by atoms with Crippen molar-refractivity contribution in [3.63, 3.8) is 0 Å². The predicted octanol–water partition coefficient (Wildman–Crippen LogP) is 2.60. The number of aliphatic hydroxyl groups excluding tert-OH is 1. The van der Waals surface area contributed by atoms with Crippen LogP contribution in [0.2, 0.25) is 0 Å². The molecule has 17 heavy (non-hydrogen) atoms. The van der Waals surface area contributed by atoms with Crippen LogP contribution in [0.1, 0.15) is 18.4 Å². The number of benzene rings is 1. The molecule has 3 nitrogen and oxygen atoms in total. The van der Waals surface area contributed by atoms with Crippen LogP contribution in [0, 0.1) is 0 Å². The molecule has 0 saturated heterocycles. The summed E-state index contributed by atoms with van der Waals surface area (Å²) in [4.78, 5) is 0. The molecule has 1 atom stereocenters. The van der Waals surface area contributed by atoms with Crippen molar-refractivity contribution in [3.8, 4) is 11.5 Å². The molecule has 1 aromatic carbocycles. The van der Waals surface area contributed by atoms with E-state index >= 15 is 0 Å². The first-order valence-corrected chi connectivity index (χ1v) is 5.59. The molecule has 0 aromatic heterocycles. The Morgan fingerprint density at radius 2 is 1.88 bits per heavy atom. The van der Waals surface area contributed by atoms with Crippen LogP contribution in [-0.2, 0) is 5.41 Å². The number of fused-ring (bicyclic) bond motifs is 1. The number of hydrogen-bond donors (Lipinski definition) is 1. The molecule has 1 heterocycles. The van der Waals surface area contributed by atoms with Crippen molar-refractivity contribution >= 4 is 11.6 Å². The SMILES string of the molecule is OC(Cl)C1(c2ccc3c(c2)OC(F)(F)O3)CC1. The van der Waals surface area contributed by atoms with Gasteiger partial charge in [-0.1, -0.05) is 17.7 Å². The van der Waals surface area contributed by atoms with Crippen molar-refractivity contribution in [1.82, 2.24) is 0 Å². The fourth-order valence-electron chi connectivity index (χ4n) is 2.06. The molecule has 3 rings (SSSR count). The number of aliphatic hydroxyl groups is 1. The summed E-state index contributed by atoms with van der Waals surface area (Å²) < 4.78 is 34.3. The molecule has 6 heteroatoms. The smallest absolute Gasteiger partial charge is 0.395 e. The van der Waals surface area contributed by atoms with Gasteiger partial charge >= 0.3 is 6.29 Å². The lowest BCUT2D eigenvalue weighted by molar-refractivity contribution is -0.286. The van der Waals surface area contributed by atoms with Gasteiger partial charge in [0.2, 0.25) is 0 Å². The Balaban J connectivity index is 1.97. The predicted molar refractivity (Wildman–Crippen MR) is 55.4 cm³/mol. The van der Waals surface area contributed by atoms with Crippen molar-refractivity contribution < 1.29 is 23.4 Å². The van der Waals surface area contributed by atoms with E-state index in [0.29, 0.717) is 5.56 Å². The largest absolute Gasteiger partial charge is 0.586 e. The van der Waals surface area contributed by atoms with E-state index in [-0.39, 0.29) is 11.5 Å². The standard InChI is InChI=1S/C11H9ClF2O3/c12-9(15)10(3-4-10)6-1-2-7-8(5-6)17-11(13,14)16-7/h1-2,5,9,15H,3-4H2. The van der Waals surface area contributed by atoms with E-state index in [2.05, 4.69) is 9.47 Å². The number of hydrogen-bond acceptors (Lipinski definition) is 3. The number of rotatable bonds is 2. The van der Waals surface area contributed by atoms with Crippen molar-refractivity contribution in [3.05, 3.63) is 23.8 Å². The Kier molecular flexibility index (Phi) is 2.10. The van der Waals surface area contributed by atoms with Crippen LogP contribution in [0.15, 0.2) is 18.2 Å². The maximum atomic E-state index is 12.8. The fourth-order valence-corrected chi connectivity index (χ4v) is 2.40. The van der Waals surface area contributed by atoms with Gasteiger partial charge in [0.25, 0.3) is 0 Å². The van der Waals surface area contributed by atoms with Crippen molar-refractivity contribution in [2.75, 3.05) is 0 Å². The molecule has 0 amide bonds. The van der Waals surface area contributed by atoms with Crippen LogP contribution in [0.25, 0.3) is 0 Å². The zero-order chi connectivity index (χ0) is 12.3. The monoisotopic (exact) mass is 262 g/mol. The van der Waals surface area contributed by atoms with Crippen LogP contribution >= 0.6 is 11.6 Å². The quantitative estimate of drug-likeness (QED) is 0.833. The minimum atomic E-state index is -3.61. The van der Waals surface area contributed by atoms with E-state index in [4.69, 9.17) is 11.6 Å². The molecule has 1 saturated carbocycles. The topological polar surface area (TPSA) is 38.7 Å². The summed E-state index contributed by atoms with van der Waals surface area (Å²) in [7, 11) is 0. The van der Waals surface area contributed by atoms with Crippen molar-refractivity contribution in [2.24, 2.45) is 0 Å². The molecular formula is C11H9ClF2O3. The summed E-state index contributed by atoms with van der Waals surface area (Å²) in [5, 5.41) is 9.49. The second-order valence-corrected chi connectivity index (χ2v) is 4.73. The highest BCUT2D eigenvalue weighted by atomic mass is 35.5. The molecule has 0 spiro atoms. The van der Waals surface area contributed by atoms with Gasteiger partial charge in [-0.15, -0.1) is 8.78 Å². The van der Waals surface area contributed by atoms with Crippen LogP contribution in [0.3, 0.4) is 0 Å². The van der Waals surface area contributed by atoms with E-state index < -0.39 is 17.3 Å². The van der Waals surface area contributed by atoms with E-state index in [0.717, 1.165) is 12.8 Å². The van der Waals surface area contributed by atoms with Crippen LogP contribution in [-0.4, -0.2) is 17.0 Å². The first kappa shape index (κ1) is 11.0. The summed E-state index contributed by atoms with van der Waals surface area (Å²) in [5.74, 6) is -0.0188. The number of halogens is 3. The molecule has 1 aliphatic heterocycles. The minimum absolute atomic E-state index is 0.00128. The summed E-state index contributed by atoms with van der Waals surface area (Å²) in [6, 6.07) is 4.49. The van der Waals surface area contributed by atoms with Gasteiger partial charge in [0, 0.05) is 5.41 Å². The first-order chi connectivity index (χ1) is 7.93. The van der Waals surface area contributed by atoms with Gasteiger partial charge in [0.05, 0.1) is 0 Å². The molecule has 1 aromatic rings. The maximum Gasteiger partial charge on any atom is 0.586 e. The molecule has 2 aliphatic rings. The van der Waals surface area contributed by atoms with E-state index in [1.54, 1.807) is 6.07 Å². The fraction of sp³-hybridized carbons (Fsp3) is 0.455. The Morgan fingerprint density at radius 1 is 1.24 bits per heavy atom. The minimum Gasteiger partial charge on any atom is -0.395 e. The van der Waals surface area contributed by atoms with Gasteiger partial charge in [-0.05, 0) is 30.5 Å². The van der Waals surface area contributed by atoms with E-state index in [9.17, 15) is 13.9 Å². The van der Waals surface area contributed by atoms with Gasteiger partial charge in [-0.25, -0.2) is 0 Å². The first-order valence-electron chi connectivity index (χ1n) is 5.15. The second-order valence-electron chi connectivity index (χ2n) is 4.32. The maximum absolute atomic E-state index is 12.8. The average Bonchev–Trinajstić information content (AvgIpc) is 2.95. The summed E-state index contributed by atoms with van der Waals surface area (Å²) in [5.41, 5.74) is -0.860. The molecule has 1 fully saturated rings. The Morgan fingerprint density at radius 3 is 2.47 bits per heavy atom. The van der Waals surface area contributed by atoms with Gasteiger partial charge in [-0.3, -0.25) is 0 Å². The lowest BCUT2D eigenvalue weighted by Gasteiger charge is -2.17. The highest BCUT2D eigenvalue weighted by molar-refractivity contribution is 6.20. The molecule has 1 unspecified atom stereocenters. The Labute approximate surface area is 101 Å². The normalized spacial score (nSPS) is 24.5. The van der Waals surface area contributed by atoms with Crippen LogP contribution in [0.4, 0.5) is 8.78 Å². The highest BCUT2D eigenvalue weighted by Crippen LogP contribution is 2.54. The third kappa shape index (κ3) is 1.65. The summed E-state index contributed by atoms with van der Waals surface area (Å²) in [6.07, 6.45) is -2.15. The lowest BCUT2D eigenvalue weighted by Crippen LogP contribution is -2.26.